The molecule has 0 bridgehead atoms. The molecule has 0 saturated carbocycles. The van der Waals surface area contributed by atoms with E-state index in [1.165, 1.54) is 11.1 Å². The summed E-state index contributed by atoms with van der Waals surface area (Å²) in [6, 6.07) is 15.9. The summed E-state index contributed by atoms with van der Waals surface area (Å²) in [5, 5.41) is 3.14. The maximum Gasteiger partial charge on any atom is 0.251 e. The van der Waals surface area contributed by atoms with Crippen LogP contribution in [-0.4, -0.2) is 29.9 Å². The van der Waals surface area contributed by atoms with Crippen LogP contribution in [0.15, 0.2) is 48.5 Å². The lowest BCUT2D eigenvalue weighted by molar-refractivity contribution is 0.0909. The number of aryl methyl sites for hydroxylation is 1. The fraction of sp³-hybridized carbons (Fsp3) is 0.350. The molecular formula is C20H25N3O. The van der Waals surface area contributed by atoms with Crippen LogP contribution in [0, 0.1) is 6.92 Å². The quantitative estimate of drug-likeness (QED) is 0.851. The van der Waals surface area contributed by atoms with Crippen molar-refractivity contribution in [3.8, 4) is 0 Å². The molecule has 126 valence electrons. The summed E-state index contributed by atoms with van der Waals surface area (Å²) < 4.78 is 0. The first-order valence-electron chi connectivity index (χ1n) is 8.55. The first-order chi connectivity index (χ1) is 11.6. The van der Waals surface area contributed by atoms with Crippen LogP contribution < -0.4 is 11.1 Å². The van der Waals surface area contributed by atoms with Gasteiger partial charge in [-0.3, -0.25) is 9.69 Å². The van der Waals surface area contributed by atoms with E-state index in [1.807, 2.05) is 0 Å². The molecule has 3 N–H and O–H groups in total. The van der Waals surface area contributed by atoms with E-state index in [0.717, 1.165) is 32.5 Å². The molecule has 1 aliphatic rings. The fourth-order valence-corrected chi connectivity index (χ4v) is 3.17. The number of carbonyl (C=O) groups is 1. The van der Waals surface area contributed by atoms with Gasteiger partial charge in [0.1, 0.15) is 0 Å². The van der Waals surface area contributed by atoms with Crippen LogP contribution in [0.4, 0.5) is 5.69 Å². The van der Waals surface area contributed by atoms with Crippen molar-refractivity contribution in [2.75, 3.05) is 18.8 Å². The summed E-state index contributed by atoms with van der Waals surface area (Å²) >= 11 is 0. The molecule has 0 radical (unpaired) electrons. The second-order valence-electron chi connectivity index (χ2n) is 6.57. The summed E-state index contributed by atoms with van der Waals surface area (Å²) in [5.41, 5.74) is 9.75. The van der Waals surface area contributed by atoms with Gasteiger partial charge in [-0.25, -0.2) is 0 Å². The zero-order valence-electron chi connectivity index (χ0n) is 14.2. The smallest absolute Gasteiger partial charge is 0.251 e. The molecule has 0 spiro atoms. The van der Waals surface area contributed by atoms with Gasteiger partial charge in [-0.2, -0.15) is 0 Å². The molecule has 1 saturated heterocycles. The zero-order valence-corrected chi connectivity index (χ0v) is 14.2. The highest BCUT2D eigenvalue weighted by Gasteiger charge is 2.21. The Hall–Kier alpha value is -2.33. The molecule has 0 aromatic heterocycles. The number of hydrogen-bond donors (Lipinski definition) is 2. The third-order valence-electron chi connectivity index (χ3n) is 4.75. The third-order valence-corrected chi connectivity index (χ3v) is 4.75. The third kappa shape index (κ3) is 4.15. The molecular weight excluding hydrogens is 298 g/mol. The van der Waals surface area contributed by atoms with Crippen molar-refractivity contribution in [2.24, 2.45) is 0 Å². The predicted molar refractivity (Wildman–Crippen MR) is 97.8 cm³/mol. The number of likely N-dealkylation sites (tertiary alicyclic amines) is 1. The summed E-state index contributed by atoms with van der Waals surface area (Å²) in [6.45, 7) is 5.18. The average molecular weight is 323 g/mol. The van der Waals surface area contributed by atoms with Crippen molar-refractivity contribution < 1.29 is 4.79 Å². The standard InChI is InChI=1S/C20H25N3O/c1-15-4-2-3-5-17(15)14-23-12-10-19(11-13-23)22-20(24)16-6-8-18(21)9-7-16/h2-9,19H,10-14,21H2,1H3,(H,22,24). The van der Waals surface area contributed by atoms with Crippen molar-refractivity contribution in [1.29, 1.82) is 0 Å². The average Bonchev–Trinajstić information content (AvgIpc) is 2.59. The largest absolute Gasteiger partial charge is 0.399 e. The van der Waals surface area contributed by atoms with Gasteiger partial charge in [0.05, 0.1) is 0 Å². The normalized spacial score (nSPS) is 16.0. The molecule has 2 aromatic rings. The number of benzene rings is 2. The van der Waals surface area contributed by atoms with Gasteiger partial charge in [0.15, 0.2) is 0 Å². The first-order valence-corrected chi connectivity index (χ1v) is 8.55. The van der Waals surface area contributed by atoms with E-state index in [0.29, 0.717) is 11.3 Å². The predicted octanol–water partition coefficient (Wildman–Crippen LogP) is 2.97. The molecule has 1 amide bonds. The van der Waals surface area contributed by atoms with Crippen LogP contribution in [0.25, 0.3) is 0 Å². The van der Waals surface area contributed by atoms with Crippen molar-refractivity contribution in [2.45, 2.75) is 32.4 Å². The van der Waals surface area contributed by atoms with E-state index in [1.54, 1.807) is 24.3 Å². The van der Waals surface area contributed by atoms with Gasteiger partial charge in [-0.05, 0) is 55.2 Å². The summed E-state index contributed by atoms with van der Waals surface area (Å²) in [7, 11) is 0. The Balaban J connectivity index is 1.49. The van der Waals surface area contributed by atoms with E-state index >= 15 is 0 Å². The Morgan fingerprint density at radius 1 is 1.12 bits per heavy atom. The Kier molecular flexibility index (Phi) is 5.16. The molecule has 24 heavy (non-hydrogen) atoms. The van der Waals surface area contributed by atoms with E-state index in [9.17, 15) is 4.79 Å². The Bertz CT molecular complexity index is 688. The number of nitrogens with one attached hydrogen (secondary N) is 1. The number of anilines is 1. The van der Waals surface area contributed by atoms with Crippen LogP contribution in [0.3, 0.4) is 0 Å². The topological polar surface area (TPSA) is 58.4 Å². The minimum absolute atomic E-state index is 0.00708. The van der Waals surface area contributed by atoms with E-state index in [2.05, 4.69) is 41.4 Å². The molecule has 1 aliphatic heterocycles. The Morgan fingerprint density at radius 2 is 1.79 bits per heavy atom. The van der Waals surface area contributed by atoms with Gasteiger partial charge in [-0.1, -0.05) is 24.3 Å². The van der Waals surface area contributed by atoms with Crippen molar-refractivity contribution >= 4 is 11.6 Å². The lowest BCUT2D eigenvalue weighted by atomic mass is 10.0. The van der Waals surface area contributed by atoms with E-state index in [-0.39, 0.29) is 11.9 Å². The molecule has 0 atom stereocenters. The second-order valence-corrected chi connectivity index (χ2v) is 6.57. The Labute approximate surface area is 143 Å². The van der Waals surface area contributed by atoms with Crippen LogP contribution in [0.1, 0.15) is 34.3 Å². The molecule has 1 heterocycles. The monoisotopic (exact) mass is 323 g/mol. The number of nitrogen functional groups attached to an aromatic ring is 1. The van der Waals surface area contributed by atoms with Gasteiger partial charge in [-0.15, -0.1) is 0 Å². The SMILES string of the molecule is Cc1ccccc1CN1CCC(NC(=O)c2ccc(N)cc2)CC1. The highest BCUT2D eigenvalue weighted by Crippen LogP contribution is 2.16. The van der Waals surface area contributed by atoms with Gasteiger partial charge in [0.2, 0.25) is 0 Å². The number of piperidine rings is 1. The molecule has 4 heteroatoms. The van der Waals surface area contributed by atoms with E-state index < -0.39 is 0 Å². The van der Waals surface area contributed by atoms with Crippen LogP contribution >= 0.6 is 0 Å². The molecule has 1 fully saturated rings. The van der Waals surface area contributed by atoms with Crippen molar-refractivity contribution in [3.63, 3.8) is 0 Å². The minimum Gasteiger partial charge on any atom is -0.399 e. The highest BCUT2D eigenvalue weighted by molar-refractivity contribution is 5.94. The summed E-state index contributed by atoms with van der Waals surface area (Å²) in [5.74, 6) is -0.00708. The highest BCUT2D eigenvalue weighted by atomic mass is 16.1. The van der Waals surface area contributed by atoms with Crippen LogP contribution in [-0.2, 0) is 6.54 Å². The summed E-state index contributed by atoms with van der Waals surface area (Å²) in [6.07, 6.45) is 1.99. The van der Waals surface area contributed by atoms with Crippen molar-refractivity contribution in [1.82, 2.24) is 10.2 Å². The zero-order chi connectivity index (χ0) is 16.9. The molecule has 0 aliphatic carbocycles. The number of hydrogen-bond acceptors (Lipinski definition) is 3. The lowest BCUT2D eigenvalue weighted by Gasteiger charge is -2.32. The lowest BCUT2D eigenvalue weighted by Crippen LogP contribution is -2.44. The second kappa shape index (κ2) is 7.49. The number of nitrogens with two attached hydrogens (primary N) is 1. The van der Waals surface area contributed by atoms with Gasteiger partial charge in [0, 0.05) is 36.9 Å². The fourth-order valence-electron chi connectivity index (χ4n) is 3.17. The maximum atomic E-state index is 12.3. The molecule has 2 aromatic carbocycles. The molecule has 3 rings (SSSR count). The molecule has 4 nitrogen and oxygen atoms in total. The number of rotatable bonds is 4. The minimum atomic E-state index is -0.00708. The summed E-state index contributed by atoms with van der Waals surface area (Å²) in [4.78, 5) is 14.7. The van der Waals surface area contributed by atoms with Crippen LogP contribution in [0.5, 0.6) is 0 Å². The van der Waals surface area contributed by atoms with Gasteiger partial charge < -0.3 is 11.1 Å². The van der Waals surface area contributed by atoms with Gasteiger partial charge in [0.25, 0.3) is 5.91 Å². The number of carbonyl (C=O) groups excluding carboxylic acids is 1. The Morgan fingerprint density at radius 3 is 2.46 bits per heavy atom. The number of amides is 1. The van der Waals surface area contributed by atoms with Gasteiger partial charge >= 0.3 is 0 Å². The molecule has 0 unspecified atom stereocenters. The maximum absolute atomic E-state index is 12.3. The number of nitrogens with zero attached hydrogens (tertiary/aromatic N) is 1. The van der Waals surface area contributed by atoms with Crippen molar-refractivity contribution in [3.05, 3.63) is 65.2 Å². The first kappa shape index (κ1) is 16.5. The van der Waals surface area contributed by atoms with Crippen LogP contribution in [0.2, 0.25) is 0 Å². The van der Waals surface area contributed by atoms with E-state index in [4.69, 9.17) is 5.73 Å².